The molecule has 5 heterocycles. The minimum absolute atomic E-state index is 0.0119. The van der Waals surface area contributed by atoms with E-state index >= 15 is 0 Å². The second kappa shape index (κ2) is 8.17. The summed E-state index contributed by atoms with van der Waals surface area (Å²) >= 11 is 0. The van der Waals surface area contributed by atoms with Gasteiger partial charge in [0.1, 0.15) is 25.2 Å². The average Bonchev–Trinajstić information content (AvgIpc) is 3.14. The SMILES string of the molecule is CCC1(O)C(=O)OCc2c1cc1n(c2=O)Cc2c-1nc1cc(F)c(C)c3c1c2[C@H](NC(=O)CO)NCC3. The summed E-state index contributed by atoms with van der Waals surface area (Å²) < 4.78 is 21.6. The number of pyridine rings is 2. The van der Waals surface area contributed by atoms with Crippen LogP contribution < -0.4 is 16.2 Å². The van der Waals surface area contributed by atoms with Gasteiger partial charge in [0.2, 0.25) is 5.91 Å². The summed E-state index contributed by atoms with van der Waals surface area (Å²) in [6.07, 6.45) is -0.219. The van der Waals surface area contributed by atoms with E-state index in [1.165, 1.54) is 10.6 Å². The highest BCUT2D eigenvalue weighted by atomic mass is 19.1. The Bertz CT molecular complexity index is 1600. The van der Waals surface area contributed by atoms with Gasteiger partial charge in [-0.25, -0.2) is 14.2 Å². The zero-order valence-electron chi connectivity index (χ0n) is 20.3. The van der Waals surface area contributed by atoms with Crippen molar-refractivity contribution in [1.29, 1.82) is 0 Å². The number of fused-ring (bicyclic) bond motifs is 5. The summed E-state index contributed by atoms with van der Waals surface area (Å²) in [5.41, 5.74) is 1.70. The summed E-state index contributed by atoms with van der Waals surface area (Å²) in [5, 5.41) is 27.3. The number of nitrogens with one attached hydrogen (secondary N) is 2. The molecule has 0 saturated heterocycles. The van der Waals surface area contributed by atoms with Crippen molar-refractivity contribution in [3.05, 3.63) is 61.7 Å². The Morgan fingerprint density at radius 2 is 2.11 bits per heavy atom. The summed E-state index contributed by atoms with van der Waals surface area (Å²) in [4.78, 5) is 43.0. The molecular formula is C26H25FN4O6. The van der Waals surface area contributed by atoms with Crippen LogP contribution in [0, 0.1) is 12.7 Å². The minimum Gasteiger partial charge on any atom is -0.458 e. The average molecular weight is 509 g/mol. The summed E-state index contributed by atoms with van der Waals surface area (Å²) in [6.45, 7) is 2.92. The van der Waals surface area contributed by atoms with Gasteiger partial charge < -0.3 is 24.8 Å². The molecule has 0 radical (unpaired) electrons. The fourth-order valence-corrected chi connectivity index (χ4v) is 5.83. The zero-order valence-corrected chi connectivity index (χ0v) is 20.3. The van der Waals surface area contributed by atoms with Crippen LogP contribution in [-0.2, 0) is 39.5 Å². The molecule has 3 aliphatic rings. The maximum absolute atomic E-state index is 15.0. The predicted molar refractivity (Wildman–Crippen MR) is 129 cm³/mol. The number of aromatic nitrogens is 2. The maximum atomic E-state index is 15.0. The molecule has 0 saturated carbocycles. The molecule has 10 nitrogen and oxygen atoms in total. The van der Waals surface area contributed by atoms with Crippen LogP contribution in [0.15, 0.2) is 16.9 Å². The first-order chi connectivity index (χ1) is 17.7. The monoisotopic (exact) mass is 508 g/mol. The van der Waals surface area contributed by atoms with Crippen LogP contribution in [0.2, 0.25) is 0 Å². The van der Waals surface area contributed by atoms with Gasteiger partial charge in [0.25, 0.3) is 5.56 Å². The van der Waals surface area contributed by atoms with Gasteiger partial charge in [-0.1, -0.05) is 6.92 Å². The number of rotatable bonds is 3. The second-order valence-corrected chi connectivity index (χ2v) is 9.67. The number of halogens is 1. The molecule has 3 aliphatic heterocycles. The number of esters is 1. The number of nitrogens with zero attached hydrogens (tertiary/aromatic N) is 2. The number of benzene rings is 1. The first-order valence-corrected chi connectivity index (χ1v) is 12.1. The van der Waals surface area contributed by atoms with E-state index in [9.17, 15) is 29.0 Å². The molecule has 4 N–H and O–H groups in total. The Morgan fingerprint density at radius 3 is 2.84 bits per heavy atom. The lowest BCUT2D eigenvalue weighted by Gasteiger charge is -2.31. The first-order valence-electron chi connectivity index (χ1n) is 12.1. The van der Waals surface area contributed by atoms with Gasteiger partial charge in [0, 0.05) is 34.7 Å². The van der Waals surface area contributed by atoms with Crippen molar-refractivity contribution in [3.8, 4) is 11.4 Å². The van der Waals surface area contributed by atoms with E-state index < -0.39 is 41.6 Å². The highest BCUT2D eigenvalue weighted by molar-refractivity contribution is 5.93. The van der Waals surface area contributed by atoms with Gasteiger partial charge in [0.15, 0.2) is 5.60 Å². The Labute approximate surface area is 210 Å². The van der Waals surface area contributed by atoms with Gasteiger partial charge in [-0.15, -0.1) is 0 Å². The molecule has 11 heteroatoms. The third kappa shape index (κ3) is 3.20. The first kappa shape index (κ1) is 23.7. The quantitative estimate of drug-likeness (QED) is 0.298. The molecule has 1 unspecified atom stereocenters. The van der Waals surface area contributed by atoms with Crippen LogP contribution in [0.25, 0.3) is 22.3 Å². The van der Waals surface area contributed by atoms with Crippen molar-refractivity contribution >= 4 is 22.8 Å². The van der Waals surface area contributed by atoms with Crippen molar-refractivity contribution in [2.45, 2.75) is 51.6 Å². The number of carbonyl (C=O) groups is 2. The molecule has 37 heavy (non-hydrogen) atoms. The van der Waals surface area contributed by atoms with Crippen LogP contribution >= 0.6 is 0 Å². The fraction of sp³-hybridized carbons (Fsp3) is 0.385. The van der Waals surface area contributed by atoms with Crippen LogP contribution in [0.3, 0.4) is 0 Å². The molecule has 0 spiro atoms. The van der Waals surface area contributed by atoms with E-state index in [0.29, 0.717) is 51.9 Å². The molecule has 1 amide bonds. The highest BCUT2D eigenvalue weighted by Crippen LogP contribution is 2.43. The Morgan fingerprint density at radius 1 is 1.32 bits per heavy atom. The smallest absolute Gasteiger partial charge is 0.343 e. The largest absolute Gasteiger partial charge is 0.458 e. The second-order valence-electron chi connectivity index (χ2n) is 9.67. The van der Waals surface area contributed by atoms with E-state index in [1.54, 1.807) is 19.9 Å². The molecule has 192 valence electrons. The summed E-state index contributed by atoms with van der Waals surface area (Å²) in [7, 11) is 0. The maximum Gasteiger partial charge on any atom is 0.343 e. The molecule has 2 aromatic heterocycles. The van der Waals surface area contributed by atoms with Crippen molar-refractivity contribution in [1.82, 2.24) is 20.2 Å². The Hall–Kier alpha value is -3.67. The van der Waals surface area contributed by atoms with Crippen LogP contribution in [0.1, 0.15) is 52.9 Å². The molecule has 0 aliphatic carbocycles. The number of ether oxygens (including phenoxy) is 1. The normalized spacial score (nSPS) is 21.6. The van der Waals surface area contributed by atoms with E-state index in [1.807, 2.05) is 0 Å². The van der Waals surface area contributed by atoms with Crippen molar-refractivity contribution in [2.24, 2.45) is 0 Å². The van der Waals surface area contributed by atoms with Gasteiger partial charge >= 0.3 is 5.97 Å². The van der Waals surface area contributed by atoms with Crippen LogP contribution in [0.5, 0.6) is 0 Å². The molecule has 0 bridgehead atoms. The third-order valence-electron chi connectivity index (χ3n) is 7.81. The molecule has 3 aromatic rings. The topological polar surface area (TPSA) is 143 Å². The standard InChI is InChI=1S/C26H25FN4O6/c1-3-26(36)15-6-18-22-13(8-31(18)24(34)14(15)10-37-25(26)35)21-20-12(11(2)16(27)7-17(20)29-22)4-5-28-23(21)30-19(33)9-32/h6-7,23,28,32,36H,3-5,8-10H2,1-2H3,(H,30,33)/t23-,26?/m0/s1. The van der Waals surface area contributed by atoms with Gasteiger partial charge in [-0.3, -0.25) is 14.9 Å². The van der Waals surface area contributed by atoms with E-state index in [0.717, 1.165) is 5.56 Å². The van der Waals surface area contributed by atoms with E-state index in [2.05, 4.69) is 10.6 Å². The lowest BCUT2D eigenvalue weighted by molar-refractivity contribution is -0.172. The van der Waals surface area contributed by atoms with Gasteiger partial charge in [-0.05, 0) is 37.0 Å². The lowest BCUT2D eigenvalue weighted by Crippen LogP contribution is -2.44. The van der Waals surface area contributed by atoms with Crippen LogP contribution in [0.4, 0.5) is 4.39 Å². The molecule has 2 atom stereocenters. The number of aliphatic hydroxyl groups excluding tert-OH is 1. The van der Waals surface area contributed by atoms with Gasteiger partial charge in [0.05, 0.1) is 29.0 Å². The Balaban J connectivity index is 1.68. The number of cyclic esters (lactones) is 1. The lowest BCUT2D eigenvalue weighted by atomic mass is 9.86. The van der Waals surface area contributed by atoms with Crippen LogP contribution in [-0.4, -0.2) is 44.8 Å². The fourth-order valence-electron chi connectivity index (χ4n) is 5.83. The molecule has 0 fully saturated rings. The van der Waals surface area contributed by atoms with E-state index in [4.69, 9.17) is 9.72 Å². The Kier molecular flexibility index (Phi) is 5.23. The molecule has 1 aromatic carbocycles. The zero-order chi connectivity index (χ0) is 26.2. The van der Waals surface area contributed by atoms with Crippen molar-refractivity contribution in [3.63, 3.8) is 0 Å². The minimum atomic E-state index is -1.97. The number of carbonyl (C=O) groups excluding carboxylic acids is 2. The number of hydrogen-bond acceptors (Lipinski definition) is 8. The third-order valence-corrected chi connectivity index (χ3v) is 7.81. The van der Waals surface area contributed by atoms with E-state index in [-0.39, 0.29) is 30.7 Å². The number of aliphatic hydroxyl groups is 2. The summed E-state index contributed by atoms with van der Waals surface area (Å²) in [6, 6.07) is 2.93. The van der Waals surface area contributed by atoms with Gasteiger partial charge in [-0.2, -0.15) is 0 Å². The van der Waals surface area contributed by atoms with Crippen molar-refractivity contribution in [2.75, 3.05) is 13.2 Å². The molecular weight excluding hydrogens is 483 g/mol. The van der Waals surface area contributed by atoms with Crippen molar-refractivity contribution < 1.29 is 28.9 Å². The number of hydrogen-bond donors (Lipinski definition) is 4. The predicted octanol–water partition coefficient (Wildman–Crippen LogP) is 0.780. The molecule has 6 rings (SSSR count). The highest BCUT2D eigenvalue weighted by Gasteiger charge is 2.45. The number of amides is 1. The summed E-state index contributed by atoms with van der Waals surface area (Å²) in [5.74, 6) is -1.82.